The molecule has 1 aromatic rings. The van der Waals surface area contributed by atoms with Gasteiger partial charge in [0.1, 0.15) is 12.2 Å². The van der Waals surface area contributed by atoms with Crippen LogP contribution < -0.4 is 0 Å². The molecule has 0 radical (unpaired) electrons. The number of benzene rings is 1. The highest BCUT2D eigenvalue weighted by atomic mass is 16.8. The monoisotopic (exact) mass is 390 g/mol. The summed E-state index contributed by atoms with van der Waals surface area (Å²) in [6.45, 7) is 7.62. The van der Waals surface area contributed by atoms with Crippen molar-refractivity contribution in [1.29, 1.82) is 0 Å². The van der Waals surface area contributed by atoms with Gasteiger partial charge in [-0.2, -0.15) is 0 Å². The molecule has 1 unspecified atom stereocenters. The highest BCUT2D eigenvalue weighted by Crippen LogP contribution is 2.42. The molecule has 0 spiro atoms. The molecule has 0 aromatic heterocycles. The molecule has 28 heavy (non-hydrogen) atoms. The molecule has 3 aliphatic rings. The first-order valence-corrected chi connectivity index (χ1v) is 9.49. The number of fused-ring (bicyclic) bond motifs is 1. The first-order valence-electron chi connectivity index (χ1n) is 9.49. The fourth-order valence-electron chi connectivity index (χ4n) is 3.72. The Bertz CT molecular complexity index is 742. The Hall–Kier alpha value is -1.77. The molecule has 1 aromatic carbocycles. The smallest absolute Gasteiger partial charge is 0.331 e. The van der Waals surface area contributed by atoms with E-state index >= 15 is 0 Å². The number of carbonyl (C=O) groups is 1. The Morgan fingerprint density at radius 2 is 1.79 bits per heavy atom. The third kappa shape index (κ3) is 4.14. The Balaban J connectivity index is 1.48. The van der Waals surface area contributed by atoms with E-state index in [9.17, 15) is 4.79 Å². The molecule has 0 N–H and O–H groups in total. The molecule has 3 saturated heterocycles. The van der Waals surface area contributed by atoms with Gasteiger partial charge >= 0.3 is 5.97 Å². The van der Waals surface area contributed by atoms with E-state index in [2.05, 4.69) is 0 Å². The third-order valence-electron chi connectivity index (χ3n) is 4.89. The summed E-state index contributed by atoms with van der Waals surface area (Å²) < 4.78 is 35.1. The fraction of sp³-hybridized carbons (Fsp3) is 0.571. The summed E-state index contributed by atoms with van der Waals surface area (Å²) in [4.78, 5) is 12.5. The van der Waals surface area contributed by atoms with Gasteiger partial charge in [-0.15, -0.1) is 0 Å². The summed E-state index contributed by atoms with van der Waals surface area (Å²) in [5.74, 6) is -2.00. The lowest BCUT2D eigenvalue weighted by Crippen LogP contribution is -2.45. The second-order valence-electron chi connectivity index (χ2n) is 8.08. The number of rotatable bonds is 4. The van der Waals surface area contributed by atoms with Crippen LogP contribution in [-0.4, -0.2) is 54.9 Å². The minimum absolute atomic E-state index is 0.342. The number of hydrogen-bond acceptors (Lipinski definition) is 7. The van der Waals surface area contributed by atoms with Gasteiger partial charge in [-0.3, -0.25) is 0 Å². The van der Waals surface area contributed by atoms with E-state index < -0.39 is 42.1 Å². The van der Waals surface area contributed by atoms with Crippen LogP contribution in [0.5, 0.6) is 0 Å². The SMILES string of the molecule is CC1(C)OCC([C@H]2O[C@@H]3OC(C)(C)O[C@@H]3[C@H]2OC(=O)/C=C/c2ccccc2)O1. The largest absolute Gasteiger partial charge is 0.453 e. The van der Waals surface area contributed by atoms with Crippen molar-refractivity contribution >= 4 is 12.0 Å². The standard InChI is InChI=1S/C21H26O7/c1-20(2)23-12-14(26-20)16-17(18-19(25-16)28-21(3,4)27-18)24-15(22)11-10-13-8-6-5-7-9-13/h5-11,14,16-19H,12H2,1-4H3/b11-10+/t14?,16-,17+,18-,19-/m1/s1. The Morgan fingerprint density at radius 1 is 1.04 bits per heavy atom. The molecule has 3 fully saturated rings. The van der Waals surface area contributed by atoms with Gasteiger partial charge in [0.15, 0.2) is 30.1 Å². The van der Waals surface area contributed by atoms with Crippen molar-refractivity contribution in [3.63, 3.8) is 0 Å². The molecule has 7 heteroatoms. The third-order valence-corrected chi connectivity index (χ3v) is 4.89. The van der Waals surface area contributed by atoms with Crippen LogP contribution >= 0.6 is 0 Å². The minimum atomic E-state index is -0.808. The molecule has 3 aliphatic heterocycles. The van der Waals surface area contributed by atoms with Crippen LogP contribution in [0.2, 0.25) is 0 Å². The highest BCUT2D eigenvalue weighted by molar-refractivity contribution is 5.87. The van der Waals surface area contributed by atoms with Gasteiger partial charge in [0.25, 0.3) is 0 Å². The molecule has 0 amide bonds. The maximum Gasteiger partial charge on any atom is 0.331 e. The van der Waals surface area contributed by atoms with Gasteiger partial charge in [0.2, 0.25) is 0 Å². The summed E-state index contributed by atoms with van der Waals surface area (Å²) in [6, 6.07) is 9.54. The van der Waals surface area contributed by atoms with E-state index in [1.54, 1.807) is 19.9 Å². The first-order chi connectivity index (χ1) is 13.2. The predicted molar refractivity (Wildman–Crippen MR) is 99.0 cm³/mol. The zero-order valence-electron chi connectivity index (χ0n) is 16.5. The molecular formula is C21H26O7. The maximum atomic E-state index is 12.5. The Kier molecular flexibility index (Phi) is 5.05. The van der Waals surface area contributed by atoms with Crippen molar-refractivity contribution in [2.45, 2.75) is 70.0 Å². The molecule has 0 aliphatic carbocycles. The van der Waals surface area contributed by atoms with Crippen molar-refractivity contribution in [3.05, 3.63) is 42.0 Å². The van der Waals surface area contributed by atoms with Gasteiger partial charge < -0.3 is 28.4 Å². The van der Waals surface area contributed by atoms with Crippen molar-refractivity contribution < 1.29 is 33.2 Å². The number of carbonyl (C=O) groups excluding carboxylic acids is 1. The zero-order chi connectivity index (χ0) is 19.9. The van der Waals surface area contributed by atoms with E-state index in [0.29, 0.717) is 6.61 Å². The summed E-state index contributed by atoms with van der Waals surface area (Å²) in [7, 11) is 0. The molecule has 0 saturated carbocycles. The van der Waals surface area contributed by atoms with Crippen LogP contribution in [0.3, 0.4) is 0 Å². The van der Waals surface area contributed by atoms with Crippen LogP contribution in [0.15, 0.2) is 36.4 Å². The summed E-state index contributed by atoms with van der Waals surface area (Å²) >= 11 is 0. The zero-order valence-corrected chi connectivity index (χ0v) is 16.5. The van der Waals surface area contributed by atoms with E-state index in [-0.39, 0.29) is 6.10 Å². The molecule has 5 atom stereocenters. The first kappa shape index (κ1) is 19.5. The predicted octanol–water partition coefficient (Wildman–Crippen LogP) is 2.64. The lowest BCUT2D eigenvalue weighted by Gasteiger charge is -2.28. The minimum Gasteiger partial charge on any atom is -0.453 e. The van der Waals surface area contributed by atoms with Gasteiger partial charge in [-0.1, -0.05) is 30.3 Å². The summed E-state index contributed by atoms with van der Waals surface area (Å²) in [5, 5.41) is 0. The molecular weight excluding hydrogens is 364 g/mol. The second-order valence-corrected chi connectivity index (χ2v) is 8.08. The normalized spacial score (nSPS) is 35.9. The number of esters is 1. The fourth-order valence-corrected chi connectivity index (χ4v) is 3.72. The number of hydrogen-bond donors (Lipinski definition) is 0. The average Bonchev–Trinajstić information content (AvgIpc) is 3.24. The van der Waals surface area contributed by atoms with Crippen molar-refractivity contribution in [2.75, 3.05) is 6.61 Å². The molecule has 7 nitrogen and oxygen atoms in total. The van der Waals surface area contributed by atoms with Crippen molar-refractivity contribution in [3.8, 4) is 0 Å². The van der Waals surface area contributed by atoms with Crippen LogP contribution in [0, 0.1) is 0 Å². The van der Waals surface area contributed by atoms with Crippen LogP contribution in [-0.2, 0) is 33.2 Å². The average molecular weight is 390 g/mol. The molecule has 152 valence electrons. The van der Waals surface area contributed by atoms with Gasteiger partial charge in [0, 0.05) is 6.08 Å². The van der Waals surface area contributed by atoms with Crippen molar-refractivity contribution in [1.82, 2.24) is 0 Å². The van der Waals surface area contributed by atoms with Crippen LogP contribution in [0.1, 0.15) is 33.3 Å². The Labute approximate surface area is 164 Å². The molecule has 3 heterocycles. The lowest BCUT2D eigenvalue weighted by atomic mass is 10.1. The quantitative estimate of drug-likeness (QED) is 0.578. The van der Waals surface area contributed by atoms with E-state index in [1.807, 2.05) is 44.2 Å². The van der Waals surface area contributed by atoms with Gasteiger partial charge in [-0.05, 0) is 39.3 Å². The topological polar surface area (TPSA) is 72.5 Å². The van der Waals surface area contributed by atoms with E-state index in [4.69, 9.17) is 28.4 Å². The van der Waals surface area contributed by atoms with Crippen LogP contribution in [0.25, 0.3) is 6.08 Å². The summed E-state index contributed by atoms with van der Waals surface area (Å²) in [5.41, 5.74) is 0.910. The van der Waals surface area contributed by atoms with Crippen LogP contribution in [0.4, 0.5) is 0 Å². The van der Waals surface area contributed by atoms with Gasteiger partial charge in [-0.25, -0.2) is 4.79 Å². The second kappa shape index (κ2) is 7.24. The molecule has 4 rings (SSSR count). The van der Waals surface area contributed by atoms with Crippen molar-refractivity contribution in [2.24, 2.45) is 0 Å². The number of ether oxygens (including phenoxy) is 6. The van der Waals surface area contributed by atoms with E-state index in [1.165, 1.54) is 6.08 Å². The maximum absolute atomic E-state index is 12.5. The highest BCUT2D eigenvalue weighted by Gasteiger charge is 2.59. The lowest BCUT2D eigenvalue weighted by molar-refractivity contribution is -0.234. The van der Waals surface area contributed by atoms with Gasteiger partial charge in [0.05, 0.1) is 6.61 Å². The summed E-state index contributed by atoms with van der Waals surface area (Å²) in [6.07, 6.45) is 0.371. The van der Waals surface area contributed by atoms with E-state index in [0.717, 1.165) is 5.56 Å². The Morgan fingerprint density at radius 3 is 2.46 bits per heavy atom. The molecule has 0 bridgehead atoms.